The van der Waals surface area contributed by atoms with Gasteiger partial charge >= 0.3 is 12.0 Å². The Hall–Kier alpha value is -4.06. The molecule has 0 bridgehead atoms. The molecule has 2 fully saturated rings. The molecule has 4 amide bonds. The van der Waals surface area contributed by atoms with Crippen LogP contribution < -0.4 is 10.1 Å². The van der Waals surface area contributed by atoms with Gasteiger partial charge in [0.15, 0.2) is 0 Å². The number of aliphatic carboxylic acids is 1. The first kappa shape index (κ1) is 25.0. The molecule has 2 aliphatic heterocycles. The highest BCUT2D eigenvalue weighted by atomic mass is 16.5. The number of piperazine rings is 1. The first-order valence-corrected chi connectivity index (χ1v) is 11.5. The maximum atomic E-state index is 13.3. The van der Waals surface area contributed by atoms with Crippen LogP contribution in [0, 0.1) is 0 Å². The van der Waals surface area contributed by atoms with Gasteiger partial charge in [0.05, 0.1) is 33.0 Å². The van der Waals surface area contributed by atoms with Gasteiger partial charge in [0.2, 0.25) is 11.8 Å². The molecule has 2 aliphatic rings. The molecular weight excluding hydrogens is 470 g/mol. The highest BCUT2D eigenvalue weighted by molar-refractivity contribution is 5.91. The number of hydrogen-bond donors (Lipinski definition) is 2. The zero-order valence-electron chi connectivity index (χ0n) is 20.1. The Morgan fingerprint density at radius 1 is 1.19 bits per heavy atom. The van der Waals surface area contributed by atoms with Gasteiger partial charge in [-0.1, -0.05) is 12.1 Å². The number of hydrazine groups is 1. The number of nitrogens with one attached hydrogen (secondary N) is 1. The Morgan fingerprint density at radius 2 is 1.94 bits per heavy atom. The van der Waals surface area contributed by atoms with E-state index in [-0.39, 0.29) is 50.8 Å². The lowest BCUT2D eigenvalue weighted by Crippen LogP contribution is -2.75. The monoisotopic (exact) mass is 499 g/mol. The average molecular weight is 500 g/mol. The number of ether oxygens (including phenoxy) is 1. The van der Waals surface area contributed by atoms with Gasteiger partial charge in [-0.15, -0.1) is 0 Å². The Labute approximate surface area is 207 Å². The number of likely N-dealkylation sites (N-methyl/N-ethyl adjacent to an activating group) is 1. The van der Waals surface area contributed by atoms with E-state index in [9.17, 15) is 24.3 Å². The summed E-state index contributed by atoms with van der Waals surface area (Å²) < 4.78 is 10.6. The second-order valence-corrected chi connectivity index (χ2v) is 8.70. The number of carboxylic acid groups (broad SMARTS) is 1. The lowest BCUT2D eigenvalue weighted by Gasteiger charge is -2.54. The molecule has 1 aromatic heterocycles. The second kappa shape index (κ2) is 10.7. The largest absolute Gasteiger partial charge is 0.497 e. The van der Waals surface area contributed by atoms with Crippen molar-refractivity contribution in [1.82, 2.24) is 25.1 Å². The van der Waals surface area contributed by atoms with E-state index < -0.39 is 24.2 Å². The van der Waals surface area contributed by atoms with Crippen LogP contribution in [0.5, 0.6) is 5.75 Å². The van der Waals surface area contributed by atoms with E-state index >= 15 is 0 Å². The van der Waals surface area contributed by atoms with Gasteiger partial charge in [-0.25, -0.2) is 14.8 Å². The second-order valence-electron chi connectivity index (χ2n) is 8.70. The number of benzene rings is 1. The number of carbonyl (C=O) groups is 4. The summed E-state index contributed by atoms with van der Waals surface area (Å²) in [4.78, 5) is 53.9. The van der Waals surface area contributed by atoms with Crippen LogP contribution in [0.1, 0.15) is 24.2 Å². The molecule has 0 spiro atoms. The van der Waals surface area contributed by atoms with Gasteiger partial charge < -0.3 is 29.4 Å². The fraction of sp³-hybridized carbons (Fsp3) is 0.417. The van der Waals surface area contributed by atoms with E-state index in [0.29, 0.717) is 11.5 Å². The minimum atomic E-state index is -1.07. The molecule has 3 heterocycles. The lowest BCUT2D eigenvalue weighted by atomic mass is 10.0. The number of hydrogen-bond acceptors (Lipinski definition) is 7. The molecule has 36 heavy (non-hydrogen) atoms. The number of fused-ring (bicyclic) bond motifs is 1. The average Bonchev–Trinajstić information content (AvgIpc) is 3.36. The van der Waals surface area contributed by atoms with Crippen LogP contribution in [-0.4, -0.2) is 88.2 Å². The summed E-state index contributed by atoms with van der Waals surface area (Å²) in [7, 11) is 3.20. The fourth-order valence-corrected chi connectivity index (χ4v) is 4.58. The molecular formula is C24H29N5O7. The molecule has 2 N–H and O–H groups in total. The molecule has 0 saturated carbocycles. The summed E-state index contributed by atoms with van der Waals surface area (Å²) in [6.45, 7) is 0.306. The summed E-state index contributed by atoms with van der Waals surface area (Å²) in [6, 6.07) is 9.23. The lowest BCUT2D eigenvalue weighted by molar-refractivity contribution is -0.188. The quantitative estimate of drug-likeness (QED) is 0.551. The van der Waals surface area contributed by atoms with Gasteiger partial charge in [-0.2, -0.15) is 0 Å². The topological polar surface area (TPSA) is 136 Å². The van der Waals surface area contributed by atoms with Crippen LogP contribution in [-0.2, 0) is 27.5 Å². The van der Waals surface area contributed by atoms with E-state index in [1.807, 2.05) is 12.1 Å². The van der Waals surface area contributed by atoms with Crippen LogP contribution in [0.4, 0.5) is 4.79 Å². The third-order valence-electron chi connectivity index (χ3n) is 6.31. The van der Waals surface area contributed by atoms with E-state index in [1.54, 1.807) is 38.4 Å². The first-order chi connectivity index (χ1) is 17.3. The number of furan rings is 1. The van der Waals surface area contributed by atoms with Crippen LogP contribution in [0.25, 0.3) is 0 Å². The SMILES string of the molecule is COc1ccc(CNC(=O)N2[C@H]3CN(Cc4ccco4)C(=O)[C@H](CCC(=O)O)N3C(=O)CN2C)cc1. The van der Waals surface area contributed by atoms with Gasteiger partial charge in [-0.05, 0) is 36.2 Å². The molecule has 0 unspecified atom stereocenters. The summed E-state index contributed by atoms with van der Waals surface area (Å²) in [6.07, 6.45) is 0.338. The Balaban J connectivity index is 1.57. The molecule has 2 aromatic rings. The van der Waals surface area contributed by atoms with Crippen molar-refractivity contribution < 1.29 is 33.4 Å². The van der Waals surface area contributed by atoms with E-state index in [0.717, 1.165) is 5.56 Å². The number of carboxylic acids is 1. The van der Waals surface area contributed by atoms with Crippen molar-refractivity contribution in [3.05, 3.63) is 54.0 Å². The summed E-state index contributed by atoms with van der Waals surface area (Å²) in [5.74, 6) is -0.549. The zero-order valence-corrected chi connectivity index (χ0v) is 20.1. The van der Waals surface area contributed by atoms with Crippen molar-refractivity contribution in [2.75, 3.05) is 27.2 Å². The molecule has 12 nitrogen and oxygen atoms in total. The summed E-state index contributed by atoms with van der Waals surface area (Å²) in [5, 5.41) is 15.0. The molecule has 12 heteroatoms. The van der Waals surface area contributed by atoms with Crippen LogP contribution in [0.15, 0.2) is 47.1 Å². The van der Waals surface area contributed by atoms with Crippen molar-refractivity contribution in [3.63, 3.8) is 0 Å². The number of rotatable bonds is 8. The molecule has 192 valence electrons. The highest BCUT2D eigenvalue weighted by Crippen LogP contribution is 2.29. The normalized spacial score (nSPS) is 20.3. The predicted octanol–water partition coefficient (Wildman–Crippen LogP) is 1.09. The smallest absolute Gasteiger partial charge is 0.334 e. The Bertz CT molecular complexity index is 1100. The van der Waals surface area contributed by atoms with Crippen molar-refractivity contribution >= 4 is 23.8 Å². The molecule has 2 atom stereocenters. The Kier molecular flexibility index (Phi) is 7.44. The minimum absolute atomic E-state index is 0.0507. The van der Waals surface area contributed by atoms with Crippen molar-refractivity contribution in [2.45, 2.75) is 38.1 Å². The van der Waals surface area contributed by atoms with E-state index in [4.69, 9.17) is 9.15 Å². The maximum absolute atomic E-state index is 13.3. The molecule has 4 rings (SSSR count). The van der Waals surface area contributed by atoms with E-state index in [1.165, 1.54) is 26.1 Å². The standard InChI is InChI=1S/C24H29N5O7/c1-26-15-21(30)28-19(9-10-22(31)32)23(33)27(13-18-4-3-11-36-18)14-20(28)29(26)24(34)25-12-16-5-7-17(35-2)8-6-16/h3-8,11,19-20H,9-10,12-15H2,1-2H3,(H,25,34)(H,31,32)/t19-,20-/m0/s1. The summed E-state index contributed by atoms with van der Waals surface area (Å²) >= 11 is 0. The number of nitrogens with zero attached hydrogens (tertiary/aromatic N) is 4. The number of carbonyl (C=O) groups excluding carboxylic acids is 3. The van der Waals surface area contributed by atoms with Gasteiger partial charge in [0, 0.05) is 20.0 Å². The molecule has 0 aliphatic carbocycles. The van der Waals surface area contributed by atoms with Gasteiger partial charge in [0.25, 0.3) is 0 Å². The van der Waals surface area contributed by atoms with Crippen LogP contribution >= 0.6 is 0 Å². The number of methoxy groups -OCH3 is 1. The highest BCUT2D eigenvalue weighted by Gasteiger charge is 2.50. The van der Waals surface area contributed by atoms with Crippen LogP contribution in [0.2, 0.25) is 0 Å². The van der Waals surface area contributed by atoms with Crippen molar-refractivity contribution in [1.29, 1.82) is 0 Å². The minimum Gasteiger partial charge on any atom is -0.497 e. The van der Waals surface area contributed by atoms with Crippen LogP contribution in [0.3, 0.4) is 0 Å². The summed E-state index contributed by atoms with van der Waals surface area (Å²) in [5.41, 5.74) is 0.856. The molecule has 1 aromatic carbocycles. The number of urea groups is 1. The third-order valence-corrected chi connectivity index (χ3v) is 6.31. The zero-order chi connectivity index (χ0) is 25.8. The van der Waals surface area contributed by atoms with Gasteiger partial charge in [0.1, 0.15) is 23.7 Å². The fourth-order valence-electron chi connectivity index (χ4n) is 4.58. The Morgan fingerprint density at radius 3 is 2.58 bits per heavy atom. The van der Waals surface area contributed by atoms with Gasteiger partial charge in [-0.3, -0.25) is 14.4 Å². The van der Waals surface area contributed by atoms with E-state index in [2.05, 4.69) is 5.32 Å². The third kappa shape index (κ3) is 5.28. The molecule has 0 radical (unpaired) electrons. The van der Waals surface area contributed by atoms with Crippen molar-refractivity contribution in [2.24, 2.45) is 0 Å². The number of amides is 4. The maximum Gasteiger partial charge on any atom is 0.334 e. The predicted molar refractivity (Wildman–Crippen MR) is 125 cm³/mol. The first-order valence-electron chi connectivity index (χ1n) is 11.5. The van der Waals surface area contributed by atoms with Crippen molar-refractivity contribution in [3.8, 4) is 5.75 Å². The molecule has 2 saturated heterocycles.